The fourth-order valence-corrected chi connectivity index (χ4v) is 3.75. The zero-order chi connectivity index (χ0) is 14.3. The molecular formula is C15H22N4S. The molecule has 2 aromatic rings. The first-order valence-electron chi connectivity index (χ1n) is 7.36. The zero-order valence-electron chi connectivity index (χ0n) is 12.4. The molecule has 0 radical (unpaired) electrons. The first kappa shape index (κ1) is 13.8. The van der Waals surface area contributed by atoms with Crippen molar-refractivity contribution in [3.05, 3.63) is 16.3 Å². The zero-order valence-corrected chi connectivity index (χ0v) is 13.3. The van der Waals surface area contributed by atoms with Gasteiger partial charge in [0.15, 0.2) is 0 Å². The third-order valence-corrected chi connectivity index (χ3v) is 5.12. The minimum Gasteiger partial charge on any atom is -0.383 e. The van der Waals surface area contributed by atoms with Crippen molar-refractivity contribution >= 4 is 27.4 Å². The molecule has 1 saturated carbocycles. The quantitative estimate of drug-likeness (QED) is 0.918. The van der Waals surface area contributed by atoms with Crippen molar-refractivity contribution in [3.63, 3.8) is 0 Å². The van der Waals surface area contributed by atoms with Gasteiger partial charge in [-0.25, -0.2) is 9.97 Å². The van der Waals surface area contributed by atoms with Gasteiger partial charge < -0.3 is 5.73 Å². The molecule has 1 fully saturated rings. The molecule has 3 rings (SSSR count). The second kappa shape index (κ2) is 5.30. The van der Waals surface area contributed by atoms with Crippen molar-refractivity contribution in [3.8, 4) is 0 Å². The number of thiophene rings is 1. The van der Waals surface area contributed by atoms with Crippen LogP contribution in [0, 0.1) is 13.8 Å². The van der Waals surface area contributed by atoms with Gasteiger partial charge in [0, 0.05) is 10.9 Å². The lowest BCUT2D eigenvalue weighted by Crippen LogP contribution is -2.27. The van der Waals surface area contributed by atoms with Gasteiger partial charge in [-0.3, -0.25) is 4.90 Å². The number of aryl methyl sites for hydroxylation is 2. The van der Waals surface area contributed by atoms with E-state index in [-0.39, 0.29) is 0 Å². The fraction of sp³-hybridized carbons (Fsp3) is 0.600. The highest BCUT2D eigenvalue weighted by molar-refractivity contribution is 7.18. The van der Waals surface area contributed by atoms with Crippen LogP contribution >= 0.6 is 11.3 Å². The smallest absolute Gasteiger partial charge is 0.146 e. The number of nitrogen functional groups attached to an aromatic ring is 1. The maximum Gasteiger partial charge on any atom is 0.146 e. The minimum absolute atomic E-state index is 0.638. The molecule has 2 N–H and O–H groups in total. The predicted octanol–water partition coefficient (Wildman–Crippen LogP) is 3.26. The van der Waals surface area contributed by atoms with E-state index in [1.165, 1.54) is 29.7 Å². The molecule has 1 aliphatic carbocycles. The number of hydrogen-bond donors (Lipinski definition) is 1. The van der Waals surface area contributed by atoms with E-state index in [0.29, 0.717) is 5.82 Å². The topological polar surface area (TPSA) is 55.0 Å². The first-order valence-corrected chi connectivity index (χ1v) is 8.18. The largest absolute Gasteiger partial charge is 0.383 e. The van der Waals surface area contributed by atoms with Crippen LogP contribution in [0.5, 0.6) is 0 Å². The average molecular weight is 290 g/mol. The summed E-state index contributed by atoms with van der Waals surface area (Å²) in [5, 5.41) is 1.05. The Balaban J connectivity index is 1.91. The molecule has 0 atom stereocenters. The molecule has 5 heteroatoms. The van der Waals surface area contributed by atoms with Gasteiger partial charge in [0.1, 0.15) is 16.5 Å². The maximum atomic E-state index is 6.15. The number of nitrogens with zero attached hydrogens (tertiary/aromatic N) is 3. The summed E-state index contributed by atoms with van der Waals surface area (Å²) >= 11 is 1.72. The number of anilines is 1. The maximum absolute atomic E-state index is 6.15. The van der Waals surface area contributed by atoms with Crippen molar-refractivity contribution in [1.29, 1.82) is 0 Å². The van der Waals surface area contributed by atoms with Crippen LogP contribution in [-0.4, -0.2) is 27.5 Å². The molecule has 1 aliphatic rings. The van der Waals surface area contributed by atoms with E-state index in [2.05, 4.69) is 30.7 Å². The number of hydrogen-bond acceptors (Lipinski definition) is 5. The van der Waals surface area contributed by atoms with Crippen LogP contribution in [0.4, 0.5) is 5.82 Å². The van der Waals surface area contributed by atoms with Gasteiger partial charge in [0.05, 0.1) is 11.9 Å². The number of rotatable bonds is 5. The minimum atomic E-state index is 0.638. The summed E-state index contributed by atoms with van der Waals surface area (Å²) in [4.78, 5) is 14.1. The average Bonchev–Trinajstić information content (AvgIpc) is 3.17. The molecule has 4 nitrogen and oxygen atoms in total. The van der Waals surface area contributed by atoms with Gasteiger partial charge in [-0.2, -0.15) is 0 Å². The molecule has 0 bridgehead atoms. The molecular weight excluding hydrogens is 268 g/mol. The number of nitrogens with two attached hydrogens (primary N) is 1. The standard InChI is InChI=1S/C15H22N4S/c1-4-7-19(11-5-6-11)8-12-17-14(16)13-9(2)10(3)20-15(13)18-12/h11H,4-8H2,1-3H3,(H2,16,17,18). The van der Waals surface area contributed by atoms with E-state index < -0.39 is 0 Å². The fourth-order valence-electron chi connectivity index (χ4n) is 2.70. The third-order valence-electron chi connectivity index (χ3n) is 4.02. The van der Waals surface area contributed by atoms with Crippen LogP contribution in [0.2, 0.25) is 0 Å². The Bertz CT molecular complexity index is 630. The van der Waals surface area contributed by atoms with Crippen molar-refractivity contribution in [2.45, 2.75) is 52.6 Å². The van der Waals surface area contributed by atoms with Crippen LogP contribution in [0.3, 0.4) is 0 Å². The molecule has 0 aliphatic heterocycles. The van der Waals surface area contributed by atoms with E-state index in [1.807, 2.05) is 0 Å². The Morgan fingerprint density at radius 2 is 2.05 bits per heavy atom. The van der Waals surface area contributed by atoms with Crippen molar-refractivity contribution in [2.75, 3.05) is 12.3 Å². The van der Waals surface area contributed by atoms with Gasteiger partial charge in [0.2, 0.25) is 0 Å². The monoisotopic (exact) mass is 290 g/mol. The highest BCUT2D eigenvalue weighted by Gasteiger charge is 2.29. The molecule has 2 heterocycles. The second-order valence-corrected chi connectivity index (χ2v) is 6.89. The van der Waals surface area contributed by atoms with E-state index in [0.717, 1.165) is 35.2 Å². The van der Waals surface area contributed by atoms with Crippen LogP contribution in [0.25, 0.3) is 10.2 Å². The lowest BCUT2D eigenvalue weighted by atomic mass is 10.2. The lowest BCUT2D eigenvalue weighted by molar-refractivity contribution is 0.249. The summed E-state index contributed by atoms with van der Waals surface area (Å²) in [5.41, 5.74) is 7.37. The van der Waals surface area contributed by atoms with Gasteiger partial charge in [-0.15, -0.1) is 11.3 Å². The Labute approximate surface area is 124 Å². The number of aromatic nitrogens is 2. The summed E-state index contributed by atoms with van der Waals surface area (Å²) in [6, 6.07) is 0.738. The van der Waals surface area contributed by atoms with Crippen molar-refractivity contribution in [2.24, 2.45) is 0 Å². The molecule has 0 amide bonds. The third kappa shape index (κ3) is 2.52. The van der Waals surface area contributed by atoms with Crippen molar-refractivity contribution < 1.29 is 0 Å². The lowest BCUT2D eigenvalue weighted by Gasteiger charge is -2.20. The van der Waals surface area contributed by atoms with Crippen LogP contribution in [0.15, 0.2) is 0 Å². The molecule has 0 saturated heterocycles. The van der Waals surface area contributed by atoms with E-state index in [4.69, 9.17) is 10.7 Å². The van der Waals surface area contributed by atoms with Gasteiger partial charge in [0.25, 0.3) is 0 Å². The van der Waals surface area contributed by atoms with Crippen LogP contribution < -0.4 is 5.73 Å². The predicted molar refractivity (Wildman–Crippen MR) is 85.0 cm³/mol. The Morgan fingerprint density at radius 1 is 1.30 bits per heavy atom. The summed E-state index contributed by atoms with van der Waals surface area (Å²) in [7, 11) is 0. The molecule has 2 aromatic heterocycles. The molecule has 108 valence electrons. The van der Waals surface area contributed by atoms with E-state index >= 15 is 0 Å². The highest BCUT2D eigenvalue weighted by Crippen LogP contribution is 2.33. The number of fused-ring (bicyclic) bond motifs is 1. The van der Waals surface area contributed by atoms with E-state index in [9.17, 15) is 0 Å². The first-order chi connectivity index (χ1) is 9.60. The van der Waals surface area contributed by atoms with Gasteiger partial charge in [-0.1, -0.05) is 6.92 Å². The molecule has 20 heavy (non-hydrogen) atoms. The molecule has 0 unspecified atom stereocenters. The molecule has 0 aromatic carbocycles. The Morgan fingerprint density at radius 3 is 2.70 bits per heavy atom. The summed E-state index contributed by atoms with van der Waals surface area (Å²) in [6.07, 6.45) is 3.80. The summed E-state index contributed by atoms with van der Waals surface area (Å²) in [6.45, 7) is 8.39. The van der Waals surface area contributed by atoms with E-state index in [1.54, 1.807) is 11.3 Å². The summed E-state index contributed by atoms with van der Waals surface area (Å²) < 4.78 is 0. The Hall–Kier alpha value is -1.20. The Kier molecular flexibility index (Phi) is 3.65. The van der Waals surface area contributed by atoms with Gasteiger partial charge in [-0.05, 0) is 45.2 Å². The summed E-state index contributed by atoms with van der Waals surface area (Å²) in [5.74, 6) is 1.51. The van der Waals surface area contributed by atoms with Crippen molar-refractivity contribution in [1.82, 2.24) is 14.9 Å². The van der Waals surface area contributed by atoms with Gasteiger partial charge >= 0.3 is 0 Å². The van der Waals surface area contributed by atoms with Crippen LogP contribution in [0.1, 0.15) is 42.5 Å². The second-order valence-electron chi connectivity index (χ2n) is 5.69. The highest BCUT2D eigenvalue weighted by atomic mass is 32.1. The normalized spacial score (nSPS) is 15.4. The van der Waals surface area contributed by atoms with Crippen LogP contribution in [-0.2, 0) is 6.54 Å². The SMILES string of the molecule is CCCN(Cc1nc(N)c2c(C)c(C)sc2n1)C1CC1. The molecule has 0 spiro atoms.